The summed E-state index contributed by atoms with van der Waals surface area (Å²) in [7, 11) is 0. The van der Waals surface area contributed by atoms with Crippen LogP contribution in [0.15, 0.2) is 24.4 Å². The Morgan fingerprint density at radius 3 is 2.41 bits per heavy atom. The van der Waals surface area contributed by atoms with Gasteiger partial charge in [-0.3, -0.25) is 4.79 Å². The van der Waals surface area contributed by atoms with E-state index in [0.29, 0.717) is 0 Å². The number of aryl methyl sites for hydroxylation is 2. The number of hydrogen-bond donors (Lipinski definition) is 1. The average Bonchev–Trinajstić information content (AvgIpc) is 3.06. The number of aromatic nitrogens is 1. The summed E-state index contributed by atoms with van der Waals surface area (Å²) in [6, 6.07) is 6.07. The third-order valence-corrected chi connectivity index (χ3v) is 5.54. The standard InChI is InChI=1S/C22H28N2O5/c1-5-28-20(26)22(23-15(4)25,21(27)29-6-2)14(3)18-13-24-12-8-10-16-9-7-11-17(18)19(16)24/h7,9,11,13-14H,5-6,8,10,12H2,1-4H3,(H,23,25). The van der Waals surface area contributed by atoms with Gasteiger partial charge in [0.05, 0.1) is 18.7 Å². The number of carbonyl (C=O) groups is 3. The van der Waals surface area contributed by atoms with E-state index in [4.69, 9.17) is 9.47 Å². The molecule has 1 aliphatic rings. The molecule has 0 saturated heterocycles. The maximum absolute atomic E-state index is 13.1. The van der Waals surface area contributed by atoms with Crippen molar-refractivity contribution in [2.75, 3.05) is 13.2 Å². The fourth-order valence-corrected chi connectivity index (χ4v) is 4.28. The Kier molecular flexibility index (Phi) is 5.96. The van der Waals surface area contributed by atoms with Crippen molar-refractivity contribution in [3.63, 3.8) is 0 Å². The van der Waals surface area contributed by atoms with E-state index in [1.165, 1.54) is 12.5 Å². The van der Waals surface area contributed by atoms with Crippen LogP contribution < -0.4 is 5.32 Å². The maximum atomic E-state index is 13.1. The fourth-order valence-electron chi connectivity index (χ4n) is 4.28. The minimum absolute atomic E-state index is 0.0815. The molecule has 2 heterocycles. The van der Waals surface area contributed by atoms with Gasteiger partial charge in [0.15, 0.2) is 0 Å². The highest BCUT2D eigenvalue weighted by molar-refractivity contribution is 6.09. The van der Waals surface area contributed by atoms with Crippen LogP contribution in [0.25, 0.3) is 10.9 Å². The van der Waals surface area contributed by atoms with E-state index in [9.17, 15) is 14.4 Å². The largest absolute Gasteiger partial charge is 0.464 e. The van der Waals surface area contributed by atoms with Crippen molar-refractivity contribution in [1.82, 2.24) is 9.88 Å². The highest BCUT2D eigenvalue weighted by Crippen LogP contribution is 2.38. The van der Waals surface area contributed by atoms with Crippen LogP contribution in [0.4, 0.5) is 0 Å². The number of esters is 2. The Bertz CT molecular complexity index is 928. The molecule has 1 N–H and O–H groups in total. The molecule has 3 rings (SSSR count). The zero-order chi connectivity index (χ0) is 21.2. The molecule has 0 bridgehead atoms. The van der Waals surface area contributed by atoms with Crippen molar-refractivity contribution in [3.8, 4) is 0 Å². The van der Waals surface area contributed by atoms with E-state index in [-0.39, 0.29) is 13.2 Å². The van der Waals surface area contributed by atoms with E-state index in [2.05, 4.69) is 16.0 Å². The Labute approximate surface area is 170 Å². The van der Waals surface area contributed by atoms with Gasteiger partial charge in [-0.25, -0.2) is 9.59 Å². The zero-order valence-electron chi connectivity index (χ0n) is 17.4. The van der Waals surface area contributed by atoms with Gasteiger partial charge in [-0.05, 0) is 37.8 Å². The molecule has 1 aromatic carbocycles. The first-order valence-corrected chi connectivity index (χ1v) is 10.1. The first kappa shape index (κ1) is 20.9. The smallest absolute Gasteiger partial charge is 0.344 e. The quantitative estimate of drug-likeness (QED) is 0.570. The summed E-state index contributed by atoms with van der Waals surface area (Å²) in [5.74, 6) is -2.82. The lowest BCUT2D eigenvalue weighted by Crippen LogP contribution is -2.64. The van der Waals surface area contributed by atoms with Crippen molar-refractivity contribution in [2.45, 2.75) is 58.5 Å². The maximum Gasteiger partial charge on any atom is 0.344 e. The molecule has 156 valence electrons. The summed E-state index contributed by atoms with van der Waals surface area (Å²) < 4.78 is 12.6. The lowest BCUT2D eigenvalue weighted by Gasteiger charge is -2.34. The SMILES string of the molecule is CCOC(=O)C(NC(C)=O)(C(=O)OCC)C(C)c1cn2c3c(cccc13)CCC2. The molecule has 0 fully saturated rings. The third kappa shape index (κ3) is 3.50. The van der Waals surface area contributed by atoms with Crippen LogP contribution in [0.5, 0.6) is 0 Å². The molecule has 1 aliphatic heterocycles. The number of nitrogens with zero attached hydrogens (tertiary/aromatic N) is 1. The second kappa shape index (κ2) is 8.27. The summed E-state index contributed by atoms with van der Waals surface area (Å²) in [6.07, 6.45) is 4.00. The second-order valence-electron chi connectivity index (χ2n) is 7.35. The molecule has 7 nitrogen and oxygen atoms in total. The molecule has 0 aliphatic carbocycles. The Morgan fingerprint density at radius 1 is 1.17 bits per heavy atom. The van der Waals surface area contributed by atoms with Crippen molar-refractivity contribution in [3.05, 3.63) is 35.5 Å². The highest BCUT2D eigenvalue weighted by Gasteiger charge is 2.55. The number of benzene rings is 1. The van der Waals surface area contributed by atoms with Gasteiger partial charge in [-0.1, -0.05) is 25.1 Å². The van der Waals surface area contributed by atoms with Gasteiger partial charge >= 0.3 is 11.9 Å². The predicted octanol–water partition coefficient (Wildman–Crippen LogP) is 2.69. The number of ether oxygens (including phenoxy) is 2. The fraction of sp³-hybridized carbons (Fsp3) is 0.500. The van der Waals surface area contributed by atoms with E-state index in [0.717, 1.165) is 35.9 Å². The molecular formula is C22H28N2O5. The van der Waals surface area contributed by atoms with Gasteiger partial charge in [0.1, 0.15) is 0 Å². The summed E-state index contributed by atoms with van der Waals surface area (Å²) in [5, 5.41) is 3.56. The van der Waals surface area contributed by atoms with Gasteiger partial charge in [0.25, 0.3) is 0 Å². The van der Waals surface area contributed by atoms with Crippen LogP contribution in [0.3, 0.4) is 0 Å². The van der Waals surface area contributed by atoms with Crippen molar-refractivity contribution in [2.24, 2.45) is 0 Å². The first-order valence-electron chi connectivity index (χ1n) is 10.1. The summed E-state index contributed by atoms with van der Waals surface area (Å²) in [4.78, 5) is 38.2. The molecule has 7 heteroatoms. The lowest BCUT2D eigenvalue weighted by atomic mass is 9.79. The molecule has 2 aromatic rings. The summed E-state index contributed by atoms with van der Waals surface area (Å²) in [6.45, 7) is 7.38. The normalized spacial score (nSPS) is 14.3. The molecular weight excluding hydrogens is 372 g/mol. The van der Waals surface area contributed by atoms with Crippen LogP contribution in [0.1, 0.15) is 51.2 Å². The Morgan fingerprint density at radius 2 is 1.83 bits per heavy atom. The Hall–Kier alpha value is -2.83. The third-order valence-electron chi connectivity index (χ3n) is 5.54. The van der Waals surface area contributed by atoms with Crippen molar-refractivity contribution < 1.29 is 23.9 Å². The molecule has 0 radical (unpaired) electrons. The summed E-state index contributed by atoms with van der Waals surface area (Å²) in [5.41, 5.74) is 1.20. The second-order valence-corrected chi connectivity index (χ2v) is 7.35. The average molecular weight is 400 g/mol. The van der Waals surface area contributed by atoms with Crippen LogP contribution in [0, 0.1) is 0 Å². The number of nitrogens with one attached hydrogen (secondary N) is 1. The molecule has 0 saturated carbocycles. The topological polar surface area (TPSA) is 86.6 Å². The van der Waals surface area contributed by atoms with Crippen molar-refractivity contribution >= 4 is 28.7 Å². The zero-order valence-corrected chi connectivity index (χ0v) is 17.4. The molecule has 1 aromatic heterocycles. The van der Waals surface area contributed by atoms with E-state index < -0.39 is 29.3 Å². The van der Waals surface area contributed by atoms with E-state index in [1.807, 2.05) is 18.3 Å². The first-order chi connectivity index (χ1) is 13.9. The molecule has 0 spiro atoms. The van der Waals surface area contributed by atoms with Gasteiger partial charge in [0.2, 0.25) is 11.4 Å². The number of carbonyl (C=O) groups excluding carboxylic acids is 3. The van der Waals surface area contributed by atoms with Gasteiger partial charge in [-0.15, -0.1) is 0 Å². The van der Waals surface area contributed by atoms with Crippen LogP contribution in [-0.2, 0) is 36.8 Å². The predicted molar refractivity (Wildman–Crippen MR) is 108 cm³/mol. The number of rotatable bonds is 7. The van der Waals surface area contributed by atoms with Gasteiger partial charge in [-0.2, -0.15) is 0 Å². The number of amides is 1. The minimum atomic E-state index is -1.96. The van der Waals surface area contributed by atoms with E-state index >= 15 is 0 Å². The summed E-state index contributed by atoms with van der Waals surface area (Å²) >= 11 is 0. The monoisotopic (exact) mass is 400 g/mol. The number of para-hydroxylation sites is 1. The minimum Gasteiger partial charge on any atom is -0.464 e. The molecule has 1 amide bonds. The highest BCUT2D eigenvalue weighted by atomic mass is 16.6. The molecule has 29 heavy (non-hydrogen) atoms. The molecule has 1 unspecified atom stereocenters. The lowest BCUT2D eigenvalue weighted by molar-refractivity contribution is -0.169. The van der Waals surface area contributed by atoms with Crippen LogP contribution in [0.2, 0.25) is 0 Å². The van der Waals surface area contributed by atoms with Crippen molar-refractivity contribution in [1.29, 1.82) is 0 Å². The van der Waals surface area contributed by atoms with Crippen LogP contribution in [-0.4, -0.2) is 41.2 Å². The Balaban J connectivity index is 2.21. The molecule has 1 atom stereocenters. The van der Waals surface area contributed by atoms with Gasteiger partial charge in [0, 0.05) is 31.0 Å². The number of hydrogen-bond acceptors (Lipinski definition) is 5. The van der Waals surface area contributed by atoms with Crippen LogP contribution >= 0.6 is 0 Å². The van der Waals surface area contributed by atoms with Gasteiger partial charge < -0.3 is 19.4 Å². The van der Waals surface area contributed by atoms with E-state index in [1.54, 1.807) is 20.8 Å².